The van der Waals surface area contributed by atoms with Crippen molar-refractivity contribution in [3.63, 3.8) is 0 Å². The van der Waals surface area contributed by atoms with Crippen LogP contribution < -0.4 is 0 Å². The Balaban J connectivity index is 1.90. The predicted molar refractivity (Wildman–Crippen MR) is 92.5 cm³/mol. The molecule has 0 aromatic heterocycles. The van der Waals surface area contributed by atoms with Crippen LogP contribution in [0, 0.1) is 11.8 Å². The second-order valence-corrected chi connectivity index (χ2v) is 9.35. The van der Waals surface area contributed by atoms with Crippen molar-refractivity contribution in [3.8, 4) is 0 Å². The third-order valence-corrected chi connectivity index (χ3v) is 8.32. The van der Waals surface area contributed by atoms with E-state index in [1.54, 1.807) is 0 Å². The lowest BCUT2D eigenvalue weighted by Crippen LogP contribution is -2.40. The van der Waals surface area contributed by atoms with Crippen LogP contribution >= 0.6 is 69.6 Å². The lowest BCUT2D eigenvalue weighted by atomic mass is 9.79. The van der Waals surface area contributed by atoms with Gasteiger partial charge in [-0.05, 0) is 50.4 Å². The van der Waals surface area contributed by atoms with Gasteiger partial charge in [-0.2, -0.15) is 0 Å². The van der Waals surface area contributed by atoms with Crippen molar-refractivity contribution >= 4 is 69.6 Å². The van der Waals surface area contributed by atoms with Crippen LogP contribution in [-0.4, -0.2) is 32.3 Å². The van der Waals surface area contributed by atoms with E-state index < -0.39 is 0 Å². The topological polar surface area (TPSA) is 0 Å². The molecule has 0 N–H and O–H groups in total. The maximum absolute atomic E-state index is 6.63. The second-order valence-electron chi connectivity index (χ2n) is 6.10. The molecule has 2 saturated carbocycles. The molecular weight excluding hydrogens is 381 g/mol. The fourth-order valence-corrected chi connectivity index (χ4v) is 5.35. The molecule has 0 heterocycles. The monoisotopic (exact) mass is 398 g/mol. The largest absolute Gasteiger partial charge is 0.121 e. The summed E-state index contributed by atoms with van der Waals surface area (Å²) >= 11 is 38.1. The summed E-state index contributed by atoms with van der Waals surface area (Å²) in [7, 11) is 0. The quantitative estimate of drug-likeness (QED) is 0.492. The minimum Gasteiger partial charge on any atom is -0.121 e. The van der Waals surface area contributed by atoms with E-state index in [4.69, 9.17) is 69.6 Å². The van der Waals surface area contributed by atoms with E-state index in [0.717, 1.165) is 38.5 Å². The molecule has 0 spiro atoms. The summed E-state index contributed by atoms with van der Waals surface area (Å²) in [5, 5.41) is -0.0145. The molecular formula is C14H20Cl6. The van der Waals surface area contributed by atoms with Crippen LogP contribution in [0.15, 0.2) is 0 Å². The molecule has 2 rings (SSSR count). The number of halogens is 6. The third kappa shape index (κ3) is 4.39. The first kappa shape index (κ1) is 18.1. The molecule has 0 saturated heterocycles. The Kier molecular flexibility index (Phi) is 7.25. The average molecular weight is 401 g/mol. The van der Waals surface area contributed by atoms with E-state index in [0.29, 0.717) is 11.8 Å². The number of alkyl halides is 6. The Morgan fingerprint density at radius 2 is 0.900 bits per heavy atom. The van der Waals surface area contributed by atoms with Crippen molar-refractivity contribution in [2.45, 2.75) is 70.8 Å². The van der Waals surface area contributed by atoms with E-state index >= 15 is 0 Å². The molecule has 0 nitrogen and oxygen atoms in total. The van der Waals surface area contributed by atoms with Gasteiger partial charge in [0.05, 0.1) is 21.5 Å². The van der Waals surface area contributed by atoms with Gasteiger partial charge in [-0.25, -0.2) is 0 Å². The standard InChI is InChI=1S/C14H20Cl6/c15-9-3-1-7(5-11(9)17)13(19)14(20)8-2-4-10(16)12(18)6-8/h7-14H,1-6H2. The number of hydrogen-bond donors (Lipinski definition) is 0. The zero-order valence-electron chi connectivity index (χ0n) is 11.1. The van der Waals surface area contributed by atoms with E-state index in [9.17, 15) is 0 Å². The van der Waals surface area contributed by atoms with Crippen molar-refractivity contribution in [3.05, 3.63) is 0 Å². The summed E-state index contributed by atoms with van der Waals surface area (Å²) in [5.41, 5.74) is 0. The van der Waals surface area contributed by atoms with E-state index in [1.165, 1.54) is 0 Å². The van der Waals surface area contributed by atoms with Gasteiger partial charge >= 0.3 is 0 Å². The van der Waals surface area contributed by atoms with E-state index in [2.05, 4.69) is 0 Å². The highest BCUT2D eigenvalue weighted by Gasteiger charge is 2.39. The van der Waals surface area contributed by atoms with Gasteiger partial charge in [0.2, 0.25) is 0 Å². The van der Waals surface area contributed by atoms with Crippen molar-refractivity contribution in [1.29, 1.82) is 0 Å². The smallest absolute Gasteiger partial charge is 0.0531 e. The zero-order chi connectivity index (χ0) is 14.9. The van der Waals surface area contributed by atoms with E-state index in [-0.39, 0.29) is 32.3 Å². The van der Waals surface area contributed by atoms with E-state index in [1.807, 2.05) is 0 Å². The highest BCUT2D eigenvalue weighted by molar-refractivity contribution is 6.32. The lowest BCUT2D eigenvalue weighted by molar-refractivity contribution is 0.289. The maximum Gasteiger partial charge on any atom is 0.0531 e. The van der Waals surface area contributed by atoms with Crippen molar-refractivity contribution in [2.24, 2.45) is 11.8 Å². The van der Waals surface area contributed by atoms with Crippen LogP contribution in [-0.2, 0) is 0 Å². The first-order valence-corrected chi connectivity index (χ1v) is 9.86. The summed E-state index contributed by atoms with van der Waals surface area (Å²) in [5.74, 6) is 0.693. The van der Waals surface area contributed by atoms with Gasteiger partial charge in [0.1, 0.15) is 0 Å². The molecule has 6 heteroatoms. The van der Waals surface area contributed by atoms with Crippen LogP contribution in [0.3, 0.4) is 0 Å². The zero-order valence-corrected chi connectivity index (χ0v) is 15.7. The minimum atomic E-state index is -0.0668. The molecule has 0 aromatic rings. The molecule has 2 aliphatic rings. The van der Waals surface area contributed by atoms with Gasteiger partial charge in [-0.1, -0.05) is 0 Å². The fraction of sp³-hybridized carbons (Fsp3) is 1.00. The number of hydrogen-bond acceptors (Lipinski definition) is 0. The Bertz CT molecular complexity index is 282. The molecule has 2 fully saturated rings. The summed E-state index contributed by atoms with van der Waals surface area (Å²) < 4.78 is 0. The highest BCUT2D eigenvalue weighted by atomic mass is 35.5. The van der Waals surface area contributed by atoms with Crippen LogP contribution in [0.5, 0.6) is 0 Å². The van der Waals surface area contributed by atoms with Crippen molar-refractivity contribution < 1.29 is 0 Å². The Hall–Kier alpha value is 1.74. The summed E-state index contributed by atoms with van der Waals surface area (Å²) in [6, 6.07) is 0. The van der Waals surface area contributed by atoms with Gasteiger partial charge in [0.25, 0.3) is 0 Å². The fourth-order valence-electron chi connectivity index (χ4n) is 3.32. The molecule has 0 aliphatic heterocycles. The molecule has 0 amide bonds. The van der Waals surface area contributed by atoms with Gasteiger partial charge in [0, 0.05) is 10.8 Å². The van der Waals surface area contributed by atoms with Crippen LogP contribution in [0.25, 0.3) is 0 Å². The summed E-state index contributed by atoms with van der Waals surface area (Å²) in [4.78, 5) is 0. The molecule has 118 valence electrons. The summed E-state index contributed by atoms with van der Waals surface area (Å²) in [6.07, 6.45) is 5.54. The minimum absolute atomic E-state index is 0.000105. The first-order valence-electron chi connectivity index (χ1n) is 7.24. The molecule has 8 unspecified atom stereocenters. The van der Waals surface area contributed by atoms with Crippen LogP contribution in [0.1, 0.15) is 38.5 Å². The van der Waals surface area contributed by atoms with Crippen molar-refractivity contribution in [1.82, 2.24) is 0 Å². The van der Waals surface area contributed by atoms with Crippen molar-refractivity contribution in [2.75, 3.05) is 0 Å². The van der Waals surface area contributed by atoms with Gasteiger partial charge < -0.3 is 0 Å². The predicted octanol–water partition coefficient (Wildman–Crippen LogP) is 6.23. The first-order chi connectivity index (χ1) is 9.40. The van der Waals surface area contributed by atoms with Gasteiger partial charge in [-0.3, -0.25) is 0 Å². The van der Waals surface area contributed by atoms with Crippen LogP contribution in [0.2, 0.25) is 0 Å². The Morgan fingerprint density at radius 1 is 0.550 bits per heavy atom. The summed E-state index contributed by atoms with van der Waals surface area (Å²) in [6.45, 7) is 0. The molecule has 0 aromatic carbocycles. The van der Waals surface area contributed by atoms with Crippen LogP contribution in [0.4, 0.5) is 0 Å². The Morgan fingerprint density at radius 3 is 1.20 bits per heavy atom. The highest BCUT2D eigenvalue weighted by Crippen LogP contribution is 2.42. The van der Waals surface area contributed by atoms with Gasteiger partial charge in [0.15, 0.2) is 0 Å². The molecule has 2 aliphatic carbocycles. The normalized spacial score (nSPS) is 45.9. The molecule has 0 bridgehead atoms. The molecule has 20 heavy (non-hydrogen) atoms. The molecule has 0 radical (unpaired) electrons. The third-order valence-electron chi connectivity index (χ3n) is 4.67. The Labute approximate surface area is 151 Å². The van der Waals surface area contributed by atoms with Gasteiger partial charge in [-0.15, -0.1) is 69.6 Å². The molecule has 8 atom stereocenters. The lowest BCUT2D eigenvalue weighted by Gasteiger charge is -2.38. The average Bonchev–Trinajstić information content (AvgIpc) is 2.43. The SMILES string of the molecule is ClC1CCC(C(Cl)C(Cl)C2CCC(Cl)C(Cl)C2)CC1Cl. The number of rotatable bonds is 3. The maximum atomic E-state index is 6.63. The second kappa shape index (κ2) is 8.02.